The van der Waals surface area contributed by atoms with E-state index in [0.717, 1.165) is 38.1 Å². The summed E-state index contributed by atoms with van der Waals surface area (Å²) in [6.07, 6.45) is 5.12. The van der Waals surface area contributed by atoms with Crippen molar-refractivity contribution in [2.45, 2.75) is 44.8 Å². The van der Waals surface area contributed by atoms with Crippen LogP contribution in [0.2, 0.25) is 0 Å². The highest BCUT2D eigenvalue weighted by Gasteiger charge is 2.38. The molecule has 0 spiro atoms. The monoisotopic (exact) mass is 238 g/mol. The van der Waals surface area contributed by atoms with Gasteiger partial charge in [-0.3, -0.25) is 4.68 Å². The fraction of sp³-hybridized carbons (Fsp3) is 0.833. The largest absolute Gasteiger partial charge is 0.374 e. The van der Waals surface area contributed by atoms with Crippen LogP contribution in [-0.4, -0.2) is 39.8 Å². The summed E-state index contributed by atoms with van der Waals surface area (Å²) in [4.78, 5) is 0. The predicted molar refractivity (Wildman–Crippen MR) is 65.8 cm³/mol. The number of hydrogen-bond donors (Lipinski definition) is 1. The van der Waals surface area contributed by atoms with Crippen molar-refractivity contribution in [1.82, 2.24) is 20.3 Å². The third-order valence-corrected chi connectivity index (χ3v) is 3.50. The molecule has 1 saturated heterocycles. The van der Waals surface area contributed by atoms with Gasteiger partial charge in [-0.2, -0.15) is 0 Å². The van der Waals surface area contributed by atoms with Crippen LogP contribution in [0.1, 0.15) is 32.4 Å². The average molecular weight is 238 g/mol. The summed E-state index contributed by atoms with van der Waals surface area (Å²) in [5, 5.41) is 11.7. The Hall–Kier alpha value is -0.940. The van der Waals surface area contributed by atoms with Crippen LogP contribution in [0, 0.1) is 0 Å². The standard InChI is InChI=1S/C12H22N4O/c1-4-13-11(12(2)6-5-7-17-12)8-10-9-16(3)15-14-10/h9,11,13H,4-8H2,1-3H3. The van der Waals surface area contributed by atoms with E-state index in [1.54, 1.807) is 4.68 Å². The van der Waals surface area contributed by atoms with Crippen LogP contribution in [0.4, 0.5) is 0 Å². The Kier molecular flexibility index (Phi) is 3.79. The van der Waals surface area contributed by atoms with Crippen LogP contribution in [0.25, 0.3) is 0 Å². The number of likely N-dealkylation sites (N-methyl/N-ethyl adjacent to an activating group) is 1. The van der Waals surface area contributed by atoms with Gasteiger partial charge in [-0.15, -0.1) is 5.10 Å². The van der Waals surface area contributed by atoms with Gasteiger partial charge >= 0.3 is 0 Å². The number of nitrogens with zero attached hydrogens (tertiary/aromatic N) is 3. The minimum atomic E-state index is -0.0620. The van der Waals surface area contributed by atoms with Gasteiger partial charge in [-0.1, -0.05) is 12.1 Å². The highest BCUT2D eigenvalue weighted by molar-refractivity contribution is 5.02. The lowest BCUT2D eigenvalue weighted by Crippen LogP contribution is -2.49. The molecule has 5 nitrogen and oxygen atoms in total. The van der Waals surface area contributed by atoms with Crippen LogP contribution in [0.3, 0.4) is 0 Å². The number of nitrogens with one attached hydrogen (secondary N) is 1. The first-order chi connectivity index (χ1) is 8.14. The number of rotatable bonds is 5. The van der Waals surface area contributed by atoms with Crippen molar-refractivity contribution in [1.29, 1.82) is 0 Å². The Morgan fingerprint density at radius 3 is 3.00 bits per heavy atom. The van der Waals surface area contributed by atoms with Crippen LogP contribution in [-0.2, 0) is 18.2 Å². The number of hydrogen-bond acceptors (Lipinski definition) is 4. The average Bonchev–Trinajstić information content (AvgIpc) is 2.88. The Morgan fingerprint density at radius 2 is 2.47 bits per heavy atom. The Bertz CT molecular complexity index is 357. The van der Waals surface area contributed by atoms with E-state index in [2.05, 4.69) is 29.5 Å². The maximum atomic E-state index is 5.92. The Labute approximate surface area is 103 Å². The van der Waals surface area contributed by atoms with Gasteiger partial charge in [0.15, 0.2) is 0 Å². The molecular formula is C12H22N4O. The maximum absolute atomic E-state index is 5.92. The topological polar surface area (TPSA) is 52.0 Å². The first kappa shape index (κ1) is 12.5. The van der Waals surface area contributed by atoms with Gasteiger partial charge in [0.05, 0.1) is 11.3 Å². The van der Waals surface area contributed by atoms with E-state index in [-0.39, 0.29) is 5.60 Å². The van der Waals surface area contributed by atoms with E-state index >= 15 is 0 Å². The lowest BCUT2D eigenvalue weighted by atomic mass is 9.90. The first-order valence-corrected chi connectivity index (χ1v) is 6.36. The zero-order valence-electron chi connectivity index (χ0n) is 10.9. The second-order valence-corrected chi connectivity index (χ2v) is 4.96. The molecule has 0 saturated carbocycles. The quantitative estimate of drug-likeness (QED) is 0.828. The fourth-order valence-electron chi connectivity index (χ4n) is 2.52. The molecule has 2 atom stereocenters. The molecule has 17 heavy (non-hydrogen) atoms. The summed E-state index contributed by atoms with van der Waals surface area (Å²) < 4.78 is 7.66. The zero-order valence-corrected chi connectivity index (χ0v) is 10.9. The van der Waals surface area contributed by atoms with Crippen molar-refractivity contribution >= 4 is 0 Å². The van der Waals surface area contributed by atoms with Crippen molar-refractivity contribution in [3.63, 3.8) is 0 Å². The first-order valence-electron chi connectivity index (χ1n) is 6.36. The summed E-state index contributed by atoms with van der Waals surface area (Å²) in [5.74, 6) is 0. The molecule has 0 aromatic carbocycles. The van der Waals surface area contributed by atoms with Gasteiger partial charge in [0.25, 0.3) is 0 Å². The summed E-state index contributed by atoms with van der Waals surface area (Å²) in [6, 6.07) is 0.312. The number of ether oxygens (including phenoxy) is 1. The van der Waals surface area contributed by atoms with E-state index in [0.29, 0.717) is 6.04 Å². The maximum Gasteiger partial charge on any atom is 0.0843 e. The lowest BCUT2D eigenvalue weighted by molar-refractivity contribution is -0.0113. The van der Waals surface area contributed by atoms with Gasteiger partial charge in [0, 0.05) is 32.3 Å². The Balaban J connectivity index is 2.06. The van der Waals surface area contributed by atoms with Crippen molar-refractivity contribution < 1.29 is 4.74 Å². The molecule has 1 aliphatic rings. The van der Waals surface area contributed by atoms with E-state index in [1.165, 1.54) is 0 Å². The fourth-order valence-corrected chi connectivity index (χ4v) is 2.52. The molecule has 96 valence electrons. The molecule has 1 aromatic heterocycles. The zero-order chi connectivity index (χ0) is 12.3. The molecule has 1 aliphatic heterocycles. The number of aromatic nitrogens is 3. The molecule has 2 unspecified atom stereocenters. The predicted octanol–water partition coefficient (Wildman–Crippen LogP) is 0.905. The second kappa shape index (κ2) is 5.14. The molecule has 0 bridgehead atoms. The smallest absolute Gasteiger partial charge is 0.0843 e. The molecule has 1 aromatic rings. The minimum absolute atomic E-state index is 0.0620. The summed E-state index contributed by atoms with van der Waals surface area (Å²) in [6.45, 7) is 6.15. The molecule has 0 aliphatic carbocycles. The van der Waals surface area contributed by atoms with Crippen LogP contribution in [0.15, 0.2) is 6.20 Å². The molecule has 1 N–H and O–H groups in total. The van der Waals surface area contributed by atoms with Crippen molar-refractivity contribution in [3.8, 4) is 0 Å². The van der Waals surface area contributed by atoms with Crippen LogP contribution >= 0.6 is 0 Å². The van der Waals surface area contributed by atoms with E-state index in [9.17, 15) is 0 Å². The summed E-state index contributed by atoms with van der Waals surface area (Å²) >= 11 is 0. The lowest BCUT2D eigenvalue weighted by Gasteiger charge is -2.33. The van der Waals surface area contributed by atoms with Crippen molar-refractivity contribution in [2.75, 3.05) is 13.2 Å². The minimum Gasteiger partial charge on any atom is -0.374 e. The number of aryl methyl sites for hydroxylation is 1. The second-order valence-electron chi connectivity index (χ2n) is 4.96. The van der Waals surface area contributed by atoms with Gasteiger partial charge in [0.2, 0.25) is 0 Å². The molecule has 2 heterocycles. The van der Waals surface area contributed by atoms with Gasteiger partial charge in [-0.05, 0) is 26.3 Å². The summed E-state index contributed by atoms with van der Waals surface area (Å²) in [5.41, 5.74) is 0.961. The molecule has 2 rings (SSSR count). The van der Waals surface area contributed by atoms with Crippen LogP contribution in [0.5, 0.6) is 0 Å². The molecule has 0 amide bonds. The van der Waals surface area contributed by atoms with E-state index in [4.69, 9.17) is 4.74 Å². The molecule has 0 radical (unpaired) electrons. The van der Waals surface area contributed by atoms with Gasteiger partial charge in [-0.25, -0.2) is 0 Å². The highest BCUT2D eigenvalue weighted by Crippen LogP contribution is 2.30. The molecular weight excluding hydrogens is 216 g/mol. The van der Waals surface area contributed by atoms with Gasteiger partial charge in [0.1, 0.15) is 0 Å². The Morgan fingerprint density at radius 1 is 1.65 bits per heavy atom. The molecule has 1 fully saturated rings. The SMILES string of the molecule is CCNC(Cc1cn(C)nn1)C1(C)CCCO1. The van der Waals surface area contributed by atoms with Crippen LogP contribution < -0.4 is 5.32 Å². The molecule has 5 heteroatoms. The third-order valence-electron chi connectivity index (χ3n) is 3.50. The van der Waals surface area contributed by atoms with Crippen molar-refractivity contribution in [3.05, 3.63) is 11.9 Å². The third kappa shape index (κ3) is 2.84. The normalized spacial score (nSPS) is 26.3. The highest BCUT2D eigenvalue weighted by atomic mass is 16.5. The van der Waals surface area contributed by atoms with E-state index in [1.807, 2.05) is 13.2 Å². The van der Waals surface area contributed by atoms with Gasteiger partial charge < -0.3 is 10.1 Å². The summed E-state index contributed by atoms with van der Waals surface area (Å²) in [7, 11) is 1.90. The van der Waals surface area contributed by atoms with E-state index < -0.39 is 0 Å². The van der Waals surface area contributed by atoms with Crippen molar-refractivity contribution in [2.24, 2.45) is 7.05 Å².